The Balaban J connectivity index is 2.19. The van der Waals surface area contributed by atoms with Gasteiger partial charge in [-0.3, -0.25) is 4.79 Å². The fourth-order valence-electron chi connectivity index (χ4n) is 3.58. The van der Waals surface area contributed by atoms with Crippen LogP contribution in [0.3, 0.4) is 0 Å². The second-order valence-electron chi connectivity index (χ2n) is 6.58. The molecular weight excluding hydrogens is 304 g/mol. The molecule has 0 aliphatic heterocycles. The molecule has 24 heavy (non-hydrogen) atoms. The fourth-order valence-corrected chi connectivity index (χ4v) is 3.58. The first-order valence-electron chi connectivity index (χ1n) is 8.84. The van der Waals surface area contributed by atoms with Crippen molar-refractivity contribution in [3.05, 3.63) is 23.8 Å². The van der Waals surface area contributed by atoms with Crippen LogP contribution in [0.15, 0.2) is 18.2 Å². The third-order valence-corrected chi connectivity index (χ3v) is 5.04. The molecule has 0 spiro atoms. The predicted molar refractivity (Wildman–Crippen MR) is 95.6 cm³/mol. The van der Waals surface area contributed by atoms with Gasteiger partial charge in [-0.25, -0.2) is 0 Å². The smallest absolute Gasteiger partial charge is 0.220 e. The number of rotatable bonds is 8. The van der Waals surface area contributed by atoms with Gasteiger partial charge in [0.1, 0.15) is 0 Å². The average molecular weight is 334 g/mol. The van der Waals surface area contributed by atoms with Gasteiger partial charge in [-0.15, -0.1) is 0 Å². The van der Waals surface area contributed by atoms with E-state index in [2.05, 4.69) is 17.4 Å². The van der Waals surface area contributed by atoms with Gasteiger partial charge in [-0.2, -0.15) is 0 Å². The first kappa shape index (κ1) is 18.6. The number of carbonyl (C=O) groups is 1. The predicted octanol–water partition coefficient (Wildman–Crippen LogP) is 2.76. The first-order chi connectivity index (χ1) is 11.6. The molecule has 0 atom stereocenters. The number of methoxy groups -OCH3 is 2. The SMILES string of the molecule is COc1ccc(C2(CNC(=O)CCCN)CCCCC2)cc1OC. The van der Waals surface area contributed by atoms with Crippen LogP contribution in [0.1, 0.15) is 50.5 Å². The molecule has 0 bridgehead atoms. The summed E-state index contributed by atoms with van der Waals surface area (Å²) >= 11 is 0. The van der Waals surface area contributed by atoms with Gasteiger partial charge in [0.15, 0.2) is 11.5 Å². The van der Waals surface area contributed by atoms with Crippen LogP contribution < -0.4 is 20.5 Å². The summed E-state index contributed by atoms with van der Waals surface area (Å²) in [6, 6.07) is 6.13. The van der Waals surface area contributed by atoms with Crippen molar-refractivity contribution in [2.45, 2.75) is 50.4 Å². The number of nitrogens with one attached hydrogen (secondary N) is 1. The minimum Gasteiger partial charge on any atom is -0.493 e. The van der Waals surface area contributed by atoms with Crippen LogP contribution in [-0.4, -0.2) is 33.2 Å². The highest BCUT2D eigenvalue weighted by Crippen LogP contribution is 2.42. The van der Waals surface area contributed by atoms with Crippen molar-refractivity contribution in [2.24, 2.45) is 5.73 Å². The van der Waals surface area contributed by atoms with E-state index in [-0.39, 0.29) is 11.3 Å². The second-order valence-corrected chi connectivity index (χ2v) is 6.58. The lowest BCUT2D eigenvalue weighted by molar-refractivity contribution is -0.121. The lowest BCUT2D eigenvalue weighted by Crippen LogP contribution is -2.42. The Labute approximate surface area is 144 Å². The lowest BCUT2D eigenvalue weighted by atomic mass is 9.69. The molecule has 5 nitrogen and oxygen atoms in total. The molecule has 1 aromatic carbocycles. The minimum absolute atomic E-state index is 0.0177. The Bertz CT molecular complexity index is 539. The molecule has 5 heteroatoms. The highest BCUT2D eigenvalue weighted by molar-refractivity contribution is 5.76. The zero-order chi connectivity index (χ0) is 17.4. The standard InChI is InChI=1S/C19H30N2O3/c1-23-16-9-8-15(13-17(16)24-2)19(10-4-3-5-11-19)14-21-18(22)7-6-12-20/h8-9,13H,3-7,10-12,14,20H2,1-2H3,(H,21,22). The molecule has 1 aliphatic carbocycles. The number of carbonyl (C=O) groups excluding carboxylic acids is 1. The zero-order valence-electron chi connectivity index (χ0n) is 14.9. The largest absolute Gasteiger partial charge is 0.493 e. The van der Waals surface area contributed by atoms with E-state index in [1.54, 1.807) is 14.2 Å². The van der Waals surface area contributed by atoms with Gasteiger partial charge in [0.05, 0.1) is 14.2 Å². The van der Waals surface area contributed by atoms with Crippen LogP contribution in [-0.2, 0) is 10.2 Å². The molecule has 0 heterocycles. The van der Waals surface area contributed by atoms with Gasteiger partial charge in [0.25, 0.3) is 0 Å². The van der Waals surface area contributed by atoms with Gasteiger partial charge in [-0.05, 0) is 43.5 Å². The summed E-state index contributed by atoms with van der Waals surface area (Å²) in [5.41, 5.74) is 6.69. The Morgan fingerprint density at radius 2 is 1.88 bits per heavy atom. The van der Waals surface area contributed by atoms with E-state index in [0.29, 0.717) is 19.5 Å². The monoisotopic (exact) mass is 334 g/mol. The summed E-state index contributed by atoms with van der Waals surface area (Å²) < 4.78 is 10.8. The van der Waals surface area contributed by atoms with Crippen LogP contribution in [0.25, 0.3) is 0 Å². The van der Waals surface area contributed by atoms with Crippen LogP contribution in [0.2, 0.25) is 0 Å². The maximum absolute atomic E-state index is 12.0. The third-order valence-electron chi connectivity index (χ3n) is 5.04. The number of nitrogens with two attached hydrogens (primary N) is 1. The Kier molecular flexibility index (Phi) is 6.91. The van der Waals surface area contributed by atoms with Gasteiger partial charge >= 0.3 is 0 Å². The van der Waals surface area contributed by atoms with Crippen molar-refractivity contribution in [1.82, 2.24) is 5.32 Å². The minimum atomic E-state index is -0.0177. The summed E-state index contributed by atoms with van der Waals surface area (Å²) in [5, 5.41) is 3.13. The molecule has 0 aromatic heterocycles. The van der Waals surface area contributed by atoms with Crippen molar-refractivity contribution in [3.63, 3.8) is 0 Å². The van der Waals surface area contributed by atoms with Crippen molar-refractivity contribution in [1.29, 1.82) is 0 Å². The van der Waals surface area contributed by atoms with E-state index in [1.807, 2.05) is 6.07 Å². The third kappa shape index (κ3) is 4.41. The highest BCUT2D eigenvalue weighted by atomic mass is 16.5. The van der Waals surface area contributed by atoms with E-state index in [0.717, 1.165) is 30.8 Å². The molecular formula is C19H30N2O3. The molecule has 0 unspecified atom stereocenters. The van der Waals surface area contributed by atoms with E-state index in [1.165, 1.54) is 24.8 Å². The molecule has 1 amide bonds. The summed E-state index contributed by atoms with van der Waals surface area (Å²) in [6.45, 7) is 1.22. The van der Waals surface area contributed by atoms with Gasteiger partial charge in [0, 0.05) is 18.4 Å². The Morgan fingerprint density at radius 3 is 2.50 bits per heavy atom. The summed E-state index contributed by atoms with van der Waals surface area (Å²) in [5.74, 6) is 1.57. The number of benzene rings is 1. The number of hydrogen-bond acceptors (Lipinski definition) is 4. The maximum Gasteiger partial charge on any atom is 0.220 e. The quantitative estimate of drug-likeness (QED) is 0.767. The Hall–Kier alpha value is -1.75. The molecule has 1 saturated carbocycles. The second kappa shape index (κ2) is 8.92. The molecule has 1 fully saturated rings. The van der Waals surface area contributed by atoms with E-state index >= 15 is 0 Å². The molecule has 0 saturated heterocycles. The summed E-state index contributed by atoms with van der Waals surface area (Å²) in [4.78, 5) is 12.0. The number of amides is 1. The van der Waals surface area contributed by atoms with Gasteiger partial charge < -0.3 is 20.5 Å². The van der Waals surface area contributed by atoms with Crippen LogP contribution in [0.5, 0.6) is 11.5 Å². The van der Waals surface area contributed by atoms with Crippen molar-refractivity contribution >= 4 is 5.91 Å². The van der Waals surface area contributed by atoms with Crippen LogP contribution >= 0.6 is 0 Å². The molecule has 134 valence electrons. The fraction of sp³-hybridized carbons (Fsp3) is 0.632. The molecule has 1 aromatic rings. The van der Waals surface area contributed by atoms with E-state index in [9.17, 15) is 4.79 Å². The normalized spacial score (nSPS) is 16.5. The maximum atomic E-state index is 12.0. The Morgan fingerprint density at radius 1 is 1.17 bits per heavy atom. The topological polar surface area (TPSA) is 73.6 Å². The number of ether oxygens (including phenoxy) is 2. The van der Waals surface area contributed by atoms with Gasteiger partial charge in [-0.1, -0.05) is 25.3 Å². The van der Waals surface area contributed by atoms with Crippen LogP contribution in [0.4, 0.5) is 0 Å². The van der Waals surface area contributed by atoms with Crippen LogP contribution in [0, 0.1) is 0 Å². The molecule has 2 rings (SSSR count). The molecule has 0 radical (unpaired) electrons. The zero-order valence-corrected chi connectivity index (χ0v) is 14.9. The number of hydrogen-bond donors (Lipinski definition) is 2. The average Bonchev–Trinajstić information content (AvgIpc) is 2.64. The summed E-state index contributed by atoms with van der Waals surface area (Å²) in [6.07, 6.45) is 7.03. The summed E-state index contributed by atoms with van der Waals surface area (Å²) in [7, 11) is 3.30. The highest BCUT2D eigenvalue weighted by Gasteiger charge is 2.34. The lowest BCUT2D eigenvalue weighted by Gasteiger charge is -2.38. The van der Waals surface area contributed by atoms with E-state index < -0.39 is 0 Å². The molecule has 3 N–H and O–H groups in total. The van der Waals surface area contributed by atoms with Gasteiger partial charge in [0.2, 0.25) is 5.91 Å². The molecule has 1 aliphatic rings. The first-order valence-corrected chi connectivity index (χ1v) is 8.84. The van der Waals surface area contributed by atoms with E-state index in [4.69, 9.17) is 15.2 Å². The van der Waals surface area contributed by atoms with Crippen molar-refractivity contribution < 1.29 is 14.3 Å². The van der Waals surface area contributed by atoms with Crippen molar-refractivity contribution in [3.8, 4) is 11.5 Å². The van der Waals surface area contributed by atoms with Crippen molar-refractivity contribution in [2.75, 3.05) is 27.3 Å².